The van der Waals surface area contributed by atoms with Gasteiger partial charge in [-0.2, -0.15) is 11.3 Å². The van der Waals surface area contributed by atoms with Crippen molar-refractivity contribution >= 4 is 29.1 Å². The van der Waals surface area contributed by atoms with Crippen molar-refractivity contribution in [2.75, 3.05) is 6.54 Å². The lowest BCUT2D eigenvalue weighted by molar-refractivity contribution is -0.152. The van der Waals surface area contributed by atoms with E-state index in [0.717, 1.165) is 10.5 Å². The highest BCUT2D eigenvalue weighted by atomic mass is 32.1. The molecule has 2 rings (SSSR count). The predicted molar refractivity (Wildman–Crippen MR) is 62.3 cm³/mol. The Balaban J connectivity index is 2.13. The minimum atomic E-state index is -0.630. The van der Waals surface area contributed by atoms with Gasteiger partial charge < -0.3 is 5.32 Å². The van der Waals surface area contributed by atoms with E-state index >= 15 is 0 Å². The van der Waals surface area contributed by atoms with Gasteiger partial charge in [0.05, 0.1) is 0 Å². The molecule has 6 heteroatoms. The number of nitrogens with one attached hydrogen (secondary N) is 1. The summed E-state index contributed by atoms with van der Waals surface area (Å²) < 4.78 is 0. The summed E-state index contributed by atoms with van der Waals surface area (Å²) in [6, 6.07) is 1.27. The molecule has 1 aliphatic rings. The molecule has 1 aliphatic heterocycles. The molecule has 0 aromatic carbocycles. The van der Waals surface area contributed by atoms with E-state index in [4.69, 9.17) is 0 Å². The molecule has 17 heavy (non-hydrogen) atoms. The molecule has 3 amide bonds. The Hall–Kier alpha value is -1.69. The summed E-state index contributed by atoms with van der Waals surface area (Å²) in [7, 11) is 0. The van der Waals surface area contributed by atoms with Crippen molar-refractivity contribution in [1.29, 1.82) is 0 Å². The van der Waals surface area contributed by atoms with Crippen molar-refractivity contribution in [1.82, 2.24) is 10.2 Å². The standard InChI is InChI=1S/C11H12N2O3S/c1-7(14)13-5-10(15)12-9(11(13)16)4-8-2-3-17-6-8/h2-3,6,9H,4-5H2,1H3,(H,12,15). The van der Waals surface area contributed by atoms with Gasteiger partial charge in [-0.05, 0) is 22.4 Å². The number of imide groups is 1. The second kappa shape index (κ2) is 4.67. The lowest BCUT2D eigenvalue weighted by atomic mass is 10.1. The SMILES string of the molecule is CC(=O)N1CC(=O)NC(Cc2ccsc2)C1=O. The van der Waals surface area contributed by atoms with E-state index in [0.29, 0.717) is 6.42 Å². The molecule has 0 aliphatic carbocycles. The van der Waals surface area contributed by atoms with Crippen LogP contribution in [0.4, 0.5) is 0 Å². The zero-order valence-electron chi connectivity index (χ0n) is 9.30. The van der Waals surface area contributed by atoms with Crippen LogP contribution in [0.3, 0.4) is 0 Å². The molecule has 1 saturated heterocycles. The van der Waals surface area contributed by atoms with E-state index in [1.165, 1.54) is 18.3 Å². The Morgan fingerprint density at radius 1 is 1.59 bits per heavy atom. The minimum Gasteiger partial charge on any atom is -0.342 e. The topological polar surface area (TPSA) is 66.5 Å². The van der Waals surface area contributed by atoms with Crippen molar-refractivity contribution in [3.05, 3.63) is 22.4 Å². The molecule has 90 valence electrons. The first-order valence-corrected chi connectivity index (χ1v) is 6.14. The minimum absolute atomic E-state index is 0.172. The largest absolute Gasteiger partial charge is 0.342 e. The van der Waals surface area contributed by atoms with Crippen molar-refractivity contribution in [3.8, 4) is 0 Å². The number of hydrogen-bond donors (Lipinski definition) is 1. The first-order chi connectivity index (χ1) is 8.08. The Labute approximate surface area is 102 Å². The molecular weight excluding hydrogens is 240 g/mol. The smallest absolute Gasteiger partial charge is 0.252 e. The first-order valence-electron chi connectivity index (χ1n) is 5.20. The second-order valence-electron chi connectivity index (χ2n) is 3.90. The average molecular weight is 252 g/mol. The number of thiophene rings is 1. The molecule has 0 bridgehead atoms. The van der Waals surface area contributed by atoms with Crippen LogP contribution in [0.25, 0.3) is 0 Å². The van der Waals surface area contributed by atoms with Crippen LogP contribution in [0.15, 0.2) is 16.8 Å². The number of carbonyl (C=O) groups is 3. The maximum absolute atomic E-state index is 11.9. The van der Waals surface area contributed by atoms with Crippen molar-refractivity contribution in [2.45, 2.75) is 19.4 Å². The number of rotatable bonds is 2. The van der Waals surface area contributed by atoms with E-state index in [1.54, 1.807) is 0 Å². The summed E-state index contributed by atoms with van der Waals surface area (Å²) in [5.74, 6) is -1.01. The molecule has 0 spiro atoms. The lowest BCUT2D eigenvalue weighted by Gasteiger charge is -2.30. The number of piperazine rings is 1. The van der Waals surface area contributed by atoms with Gasteiger partial charge in [0.1, 0.15) is 12.6 Å². The fraction of sp³-hybridized carbons (Fsp3) is 0.364. The monoisotopic (exact) mass is 252 g/mol. The maximum Gasteiger partial charge on any atom is 0.252 e. The third-order valence-corrected chi connectivity index (χ3v) is 3.33. The van der Waals surface area contributed by atoms with Gasteiger partial charge in [-0.25, -0.2) is 0 Å². The molecule has 1 aromatic rings. The van der Waals surface area contributed by atoms with Crippen LogP contribution < -0.4 is 5.32 Å². The van der Waals surface area contributed by atoms with Gasteiger partial charge in [-0.1, -0.05) is 0 Å². The highest BCUT2D eigenvalue weighted by molar-refractivity contribution is 7.07. The third kappa shape index (κ3) is 2.52. The Morgan fingerprint density at radius 3 is 2.94 bits per heavy atom. The highest BCUT2D eigenvalue weighted by Gasteiger charge is 2.34. The molecule has 5 nitrogen and oxygen atoms in total. The summed E-state index contributed by atoms with van der Waals surface area (Å²) in [5.41, 5.74) is 0.985. The summed E-state index contributed by atoms with van der Waals surface area (Å²) in [4.78, 5) is 35.6. The van der Waals surface area contributed by atoms with Gasteiger partial charge in [0.25, 0.3) is 5.91 Å². The van der Waals surface area contributed by atoms with Gasteiger partial charge in [-0.3, -0.25) is 19.3 Å². The van der Waals surface area contributed by atoms with E-state index in [-0.39, 0.29) is 24.3 Å². The number of hydrogen-bond acceptors (Lipinski definition) is 4. The van der Waals surface area contributed by atoms with Gasteiger partial charge in [0, 0.05) is 13.3 Å². The number of nitrogens with zero attached hydrogens (tertiary/aromatic N) is 1. The van der Waals surface area contributed by atoms with E-state index in [2.05, 4.69) is 5.32 Å². The quantitative estimate of drug-likeness (QED) is 0.815. The molecule has 1 fully saturated rings. The Morgan fingerprint density at radius 2 is 2.35 bits per heavy atom. The predicted octanol–water partition coefficient (Wildman–Crippen LogP) is 0.164. The molecule has 1 atom stereocenters. The maximum atomic E-state index is 11.9. The molecule has 1 N–H and O–H groups in total. The van der Waals surface area contributed by atoms with Gasteiger partial charge in [0.2, 0.25) is 11.8 Å². The van der Waals surface area contributed by atoms with Gasteiger partial charge >= 0.3 is 0 Å². The molecular formula is C11H12N2O3S. The molecule has 2 heterocycles. The number of amides is 3. The van der Waals surface area contributed by atoms with Gasteiger partial charge in [-0.15, -0.1) is 0 Å². The molecule has 1 unspecified atom stereocenters. The second-order valence-corrected chi connectivity index (χ2v) is 4.68. The summed E-state index contributed by atoms with van der Waals surface area (Å²) >= 11 is 1.53. The number of carbonyl (C=O) groups excluding carboxylic acids is 3. The lowest BCUT2D eigenvalue weighted by Crippen LogP contribution is -2.59. The first kappa shape index (κ1) is 11.8. The summed E-state index contributed by atoms with van der Waals surface area (Å²) in [6.45, 7) is 1.12. The summed E-state index contributed by atoms with van der Waals surface area (Å²) in [6.07, 6.45) is 0.428. The van der Waals surface area contributed by atoms with E-state index < -0.39 is 6.04 Å². The van der Waals surface area contributed by atoms with Gasteiger partial charge in [0.15, 0.2) is 0 Å². The zero-order valence-corrected chi connectivity index (χ0v) is 10.1. The van der Waals surface area contributed by atoms with Crippen LogP contribution in [0.2, 0.25) is 0 Å². The van der Waals surface area contributed by atoms with Crippen LogP contribution in [0.1, 0.15) is 12.5 Å². The normalized spacial score (nSPS) is 20.3. The van der Waals surface area contributed by atoms with Crippen LogP contribution in [0.5, 0.6) is 0 Å². The zero-order chi connectivity index (χ0) is 12.4. The van der Waals surface area contributed by atoms with Crippen LogP contribution in [-0.4, -0.2) is 35.2 Å². The Kier molecular flexibility index (Phi) is 3.23. The Bertz CT molecular complexity index is 455. The van der Waals surface area contributed by atoms with Crippen LogP contribution >= 0.6 is 11.3 Å². The van der Waals surface area contributed by atoms with Crippen molar-refractivity contribution < 1.29 is 14.4 Å². The van der Waals surface area contributed by atoms with E-state index in [1.807, 2.05) is 16.8 Å². The summed E-state index contributed by atoms with van der Waals surface area (Å²) in [5, 5.41) is 6.44. The highest BCUT2D eigenvalue weighted by Crippen LogP contribution is 2.12. The van der Waals surface area contributed by atoms with Crippen molar-refractivity contribution in [3.63, 3.8) is 0 Å². The molecule has 1 aromatic heterocycles. The van der Waals surface area contributed by atoms with Crippen LogP contribution in [0, 0.1) is 0 Å². The average Bonchev–Trinajstić information content (AvgIpc) is 2.75. The molecule has 0 radical (unpaired) electrons. The fourth-order valence-electron chi connectivity index (χ4n) is 1.76. The third-order valence-electron chi connectivity index (χ3n) is 2.60. The molecule has 0 saturated carbocycles. The fourth-order valence-corrected chi connectivity index (χ4v) is 2.44. The van der Waals surface area contributed by atoms with Crippen molar-refractivity contribution in [2.24, 2.45) is 0 Å². The van der Waals surface area contributed by atoms with Crippen LogP contribution in [-0.2, 0) is 20.8 Å². The van der Waals surface area contributed by atoms with E-state index in [9.17, 15) is 14.4 Å².